The van der Waals surface area contributed by atoms with E-state index in [0.717, 1.165) is 42.6 Å². The lowest BCUT2D eigenvalue weighted by Gasteiger charge is -2.21. The zero-order valence-electron chi connectivity index (χ0n) is 18.5. The number of hydrogen-bond acceptors (Lipinski definition) is 5. The molecule has 0 N–H and O–H groups in total. The summed E-state index contributed by atoms with van der Waals surface area (Å²) in [5.74, 6) is 0.490. The maximum absolute atomic E-state index is 13.3. The molecule has 0 saturated heterocycles. The van der Waals surface area contributed by atoms with E-state index in [9.17, 15) is 4.79 Å². The van der Waals surface area contributed by atoms with Gasteiger partial charge in [0.1, 0.15) is 0 Å². The van der Waals surface area contributed by atoms with Gasteiger partial charge in [-0.2, -0.15) is 0 Å². The Hall–Kier alpha value is -3.68. The molecule has 32 heavy (non-hydrogen) atoms. The fourth-order valence-corrected chi connectivity index (χ4v) is 3.74. The van der Waals surface area contributed by atoms with E-state index in [2.05, 4.69) is 15.1 Å². The molecule has 0 saturated carbocycles. The lowest BCUT2D eigenvalue weighted by atomic mass is 10.1. The highest BCUT2D eigenvalue weighted by Crippen LogP contribution is 2.21. The number of hydrogen-bond donors (Lipinski definition) is 0. The summed E-state index contributed by atoms with van der Waals surface area (Å²) < 4.78 is 9.48. The lowest BCUT2D eigenvalue weighted by molar-refractivity contribution is 0.0741. The first-order valence-electron chi connectivity index (χ1n) is 10.8. The van der Waals surface area contributed by atoms with Crippen LogP contribution in [-0.4, -0.2) is 48.2 Å². The van der Waals surface area contributed by atoms with Crippen molar-refractivity contribution in [3.63, 3.8) is 0 Å². The zero-order valence-corrected chi connectivity index (χ0v) is 18.5. The predicted octanol–water partition coefficient (Wildman–Crippen LogP) is 3.52. The topological polar surface area (TPSA) is 82.0 Å². The number of rotatable bonds is 10. The molecule has 0 unspecified atom stereocenters. The monoisotopic (exact) mass is 432 g/mol. The van der Waals surface area contributed by atoms with E-state index < -0.39 is 0 Å². The van der Waals surface area contributed by atoms with Gasteiger partial charge in [0.15, 0.2) is 11.5 Å². The molecule has 1 aromatic carbocycles. The van der Waals surface area contributed by atoms with Crippen molar-refractivity contribution in [2.45, 2.75) is 25.7 Å². The Labute approximate surface area is 187 Å². The average Bonchev–Trinajstić information content (AvgIpc) is 3.55. The average molecular weight is 433 g/mol. The van der Waals surface area contributed by atoms with E-state index in [1.165, 1.54) is 0 Å². The second-order valence-electron chi connectivity index (χ2n) is 7.93. The van der Waals surface area contributed by atoms with Crippen LogP contribution in [-0.2, 0) is 26.9 Å². The van der Waals surface area contributed by atoms with E-state index in [0.29, 0.717) is 24.5 Å². The number of amides is 1. The smallest absolute Gasteiger partial charge is 0.276 e. The van der Waals surface area contributed by atoms with Crippen LogP contribution in [0.2, 0.25) is 0 Å². The molecular weight excluding hydrogens is 404 g/mol. The molecule has 0 aliphatic heterocycles. The van der Waals surface area contributed by atoms with Crippen molar-refractivity contribution in [2.75, 3.05) is 13.1 Å². The molecule has 3 aromatic heterocycles. The van der Waals surface area contributed by atoms with Crippen LogP contribution in [0, 0.1) is 0 Å². The van der Waals surface area contributed by atoms with Gasteiger partial charge in [-0.3, -0.25) is 4.79 Å². The minimum atomic E-state index is -0.106. The van der Waals surface area contributed by atoms with Crippen molar-refractivity contribution in [2.24, 2.45) is 14.1 Å². The summed E-state index contributed by atoms with van der Waals surface area (Å²) in [7, 11) is 3.97. The van der Waals surface area contributed by atoms with Gasteiger partial charge in [-0.05, 0) is 25.7 Å². The second-order valence-corrected chi connectivity index (χ2v) is 7.93. The van der Waals surface area contributed by atoms with Crippen LogP contribution < -0.4 is 0 Å². The largest absolute Gasteiger partial charge is 0.355 e. The highest BCUT2D eigenvalue weighted by Gasteiger charge is 2.20. The van der Waals surface area contributed by atoms with Crippen LogP contribution in [0.25, 0.3) is 11.3 Å². The Kier molecular flexibility index (Phi) is 6.79. The summed E-state index contributed by atoms with van der Waals surface area (Å²) in [4.78, 5) is 23.5. The normalized spacial score (nSPS) is 11.1. The van der Waals surface area contributed by atoms with Crippen molar-refractivity contribution < 1.29 is 9.32 Å². The molecule has 0 aliphatic carbocycles. The molecule has 8 heteroatoms. The molecule has 0 bridgehead atoms. The maximum Gasteiger partial charge on any atom is 0.276 e. The van der Waals surface area contributed by atoms with Crippen LogP contribution >= 0.6 is 0 Å². The molecule has 4 aromatic rings. The molecule has 0 atom stereocenters. The summed E-state index contributed by atoms with van der Waals surface area (Å²) in [6.45, 7) is 1.28. The first-order chi connectivity index (χ1) is 15.6. The van der Waals surface area contributed by atoms with Gasteiger partial charge in [-0.1, -0.05) is 35.5 Å². The molecule has 8 nitrogen and oxygen atoms in total. The molecule has 0 radical (unpaired) electrons. The highest BCUT2D eigenvalue weighted by molar-refractivity contribution is 5.93. The van der Waals surface area contributed by atoms with Gasteiger partial charge >= 0.3 is 0 Å². The summed E-state index contributed by atoms with van der Waals surface area (Å²) in [5.41, 5.74) is 3.54. The zero-order chi connectivity index (χ0) is 22.3. The van der Waals surface area contributed by atoms with Crippen LogP contribution in [0.3, 0.4) is 0 Å². The van der Waals surface area contributed by atoms with E-state index in [1.807, 2.05) is 70.9 Å². The molecule has 4 rings (SSSR count). The number of aromatic nitrogens is 5. The first-order valence-corrected chi connectivity index (χ1v) is 10.8. The van der Waals surface area contributed by atoms with Crippen LogP contribution in [0.15, 0.2) is 66.0 Å². The van der Waals surface area contributed by atoms with Crippen molar-refractivity contribution >= 4 is 5.91 Å². The number of imidazole rings is 2. The standard InChI is InChI=1S/C24H28N6O2/c1-28-17-25-15-20(28)10-6-12-30(13-7-11-21-16-26-18-29(21)2)24(31)22-14-23(32-27-22)19-8-4-3-5-9-19/h3-5,8-9,14-18H,6-7,10-13H2,1-2H3. The molecule has 0 spiro atoms. The molecule has 166 valence electrons. The van der Waals surface area contributed by atoms with Crippen molar-refractivity contribution in [3.8, 4) is 11.3 Å². The molecule has 3 heterocycles. The van der Waals surface area contributed by atoms with Crippen LogP contribution in [0.1, 0.15) is 34.7 Å². The molecule has 1 amide bonds. The highest BCUT2D eigenvalue weighted by atomic mass is 16.5. The Bertz CT molecular complexity index is 1100. The van der Waals surface area contributed by atoms with Gasteiger partial charge in [-0.15, -0.1) is 0 Å². The first kappa shape index (κ1) is 21.5. The number of aryl methyl sites for hydroxylation is 4. The fraction of sp³-hybridized carbons (Fsp3) is 0.333. The number of benzene rings is 1. The minimum Gasteiger partial charge on any atom is -0.355 e. The minimum absolute atomic E-state index is 0.106. The van der Waals surface area contributed by atoms with Gasteiger partial charge < -0.3 is 18.6 Å². The second kappa shape index (κ2) is 10.1. The van der Waals surface area contributed by atoms with E-state index in [1.54, 1.807) is 18.7 Å². The van der Waals surface area contributed by atoms with Gasteiger partial charge in [0, 0.05) is 62.6 Å². The van der Waals surface area contributed by atoms with E-state index >= 15 is 0 Å². The van der Waals surface area contributed by atoms with Crippen LogP contribution in [0.4, 0.5) is 0 Å². The van der Waals surface area contributed by atoms with Gasteiger partial charge in [0.2, 0.25) is 0 Å². The maximum atomic E-state index is 13.3. The molecular formula is C24H28N6O2. The van der Waals surface area contributed by atoms with Crippen molar-refractivity contribution in [1.29, 1.82) is 0 Å². The van der Waals surface area contributed by atoms with Gasteiger partial charge in [0.05, 0.1) is 12.7 Å². The Morgan fingerprint density at radius 3 is 2.06 bits per heavy atom. The third kappa shape index (κ3) is 5.14. The van der Waals surface area contributed by atoms with E-state index in [4.69, 9.17) is 4.52 Å². The Morgan fingerprint density at radius 2 is 1.53 bits per heavy atom. The fourth-order valence-electron chi connectivity index (χ4n) is 3.74. The lowest BCUT2D eigenvalue weighted by Crippen LogP contribution is -2.33. The number of carbonyl (C=O) groups is 1. The van der Waals surface area contributed by atoms with Crippen molar-refractivity contribution in [1.82, 2.24) is 29.2 Å². The Balaban J connectivity index is 1.43. The molecule has 0 fully saturated rings. The van der Waals surface area contributed by atoms with Crippen molar-refractivity contribution in [3.05, 3.63) is 78.5 Å². The van der Waals surface area contributed by atoms with Crippen LogP contribution in [0.5, 0.6) is 0 Å². The SMILES string of the molecule is Cn1cncc1CCCN(CCCc1cncn1C)C(=O)c1cc(-c2ccccc2)on1. The predicted molar refractivity (Wildman–Crippen MR) is 121 cm³/mol. The summed E-state index contributed by atoms with van der Waals surface area (Å²) >= 11 is 0. The van der Waals surface area contributed by atoms with E-state index in [-0.39, 0.29) is 5.91 Å². The third-order valence-electron chi connectivity index (χ3n) is 5.63. The summed E-state index contributed by atoms with van der Waals surface area (Å²) in [5, 5.41) is 4.06. The number of carbonyl (C=O) groups excluding carboxylic acids is 1. The summed E-state index contributed by atoms with van der Waals surface area (Å²) in [6, 6.07) is 11.4. The third-order valence-corrected chi connectivity index (χ3v) is 5.63. The summed E-state index contributed by atoms with van der Waals surface area (Å²) in [6.07, 6.45) is 10.8. The van der Waals surface area contributed by atoms with Gasteiger partial charge in [0.25, 0.3) is 5.91 Å². The van der Waals surface area contributed by atoms with Gasteiger partial charge in [-0.25, -0.2) is 9.97 Å². The quantitative estimate of drug-likeness (QED) is 0.383. The molecule has 0 aliphatic rings. The Morgan fingerprint density at radius 1 is 0.938 bits per heavy atom. The number of nitrogens with zero attached hydrogens (tertiary/aromatic N) is 6.